The number of rotatable bonds is 5. The molecule has 0 saturated carbocycles. The molecule has 2 unspecified atom stereocenters. The summed E-state index contributed by atoms with van der Waals surface area (Å²) in [6, 6.07) is 8.57. The molecular weight excluding hydrogens is 345 g/mol. The van der Waals surface area contributed by atoms with Crippen molar-refractivity contribution in [2.75, 3.05) is 44.0 Å². The van der Waals surface area contributed by atoms with E-state index in [1.807, 2.05) is 12.1 Å². The molecule has 0 radical (unpaired) electrons. The highest BCUT2D eigenvalue weighted by atomic mass is 19.1. The van der Waals surface area contributed by atoms with Crippen LogP contribution in [0.15, 0.2) is 30.3 Å². The first-order valence-electron chi connectivity index (χ1n) is 9.60. The molecule has 0 aliphatic carbocycles. The number of piperidine rings is 1. The highest BCUT2D eigenvalue weighted by molar-refractivity contribution is 5.59. The van der Waals surface area contributed by atoms with Gasteiger partial charge in [0.15, 0.2) is 0 Å². The first-order chi connectivity index (χ1) is 13.2. The molecule has 4 rings (SSSR count). The Bertz CT molecular complexity index is 781. The van der Waals surface area contributed by atoms with Gasteiger partial charge in [-0.2, -0.15) is 0 Å². The van der Waals surface area contributed by atoms with E-state index in [-0.39, 0.29) is 11.9 Å². The molecule has 3 heterocycles. The van der Waals surface area contributed by atoms with Crippen molar-refractivity contribution in [2.45, 2.75) is 31.2 Å². The number of likely N-dealkylation sites (tertiary alicyclic amines) is 1. The second-order valence-electron chi connectivity index (χ2n) is 7.44. The van der Waals surface area contributed by atoms with Gasteiger partial charge in [0.1, 0.15) is 23.3 Å². The Morgan fingerprint density at radius 2 is 2.07 bits per heavy atom. The summed E-state index contributed by atoms with van der Waals surface area (Å²) in [6.45, 7) is 3.53. The number of nitrogens with one attached hydrogen (secondary N) is 2. The summed E-state index contributed by atoms with van der Waals surface area (Å²) in [4.78, 5) is 11.9. The zero-order chi connectivity index (χ0) is 18.6. The van der Waals surface area contributed by atoms with Gasteiger partial charge in [0.05, 0.1) is 12.6 Å². The van der Waals surface area contributed by atoms with Gasteiger partial charge in [-0.25, -0.2) is 14.4 Å². The average molecular weight is 371 g/mol. The molecule has 6 nitrogen and oxygen atoms in total. The molecule has 0 bridgehead atoms. The Balaban J connectivity index is 1.60. The minimum Gasteiger partial charge on any atom is -0.379 e. The van der Waals surface area contributed by atoms with Gasteiger partial charge in [-0.15, -0.1) is 0 Å². The quantitative estimate of drug-likeness (QED) is 0.840. The monoisotopic (exact) mass is 371 g/mol. The number of hydrogen-bond acceptors (Lipinski definition) is 6. The third-order valence-corrected chi connectivity index (χ3v) is 5.11. The molecule has 0 spiro atoms. The maximum absolute atomic E-state index is 13.5. The Kier molecular flexibility index (Phi) is 5.50. The summed E-state index contributed by atoms with van der Waals surface area (Å²) in [6.07, 6.45) is 3.20. The molecule has 2 aliphatic rings. The van der Waals surface area contributed by atoms with E-state index < -0.39 is 0 Å². The van der Waals surface area contributed by atoms with Crippen molar-refractivity contribution in [1.29, 1.82) is 0 Å². The minimum absolute atomic E-state index is 0.267. The summed E-state index contributed by atoms with van der Waals surface area (Å²) in [7, 11) is 2.13. The summed E-state index contributed by atoms with van der Waals surface area (Å²) < 4.78 is 19.0. The minimum atomic E-state index is -0.273. The molecule has 1 aromatic heterocycles. The molecule has 1 aromatic carbocycles. The van der Waals surface area contributed by atoms with Crippen LogP contribution in [-0.2, 0) is 4.74 Å². The van der Waals surface area contributed by atoms with E-state index in [1.54, 1.807) is 6.07 Å². The predicted molar refractivity (Wildman–Crippen MR) is 104 cm³/mol. The van der Waals surface area contributed by atoms with E-state index in [0.717, 1.165) is 50.6 Å². The van der Waals surface area contributed by atoms with Gasteiger partial charge in [-0.3, -0.25) is 0 Å². The lowest BCUT2D eigenvalue weighted by molar-refractivity contribution is 0.195. The third kappa shape index (κ3) is 4.73. The zero-order valence-electron chi connectivity index (χ0n) is 15.6. The smallest absolute Gasteiger partial charge is 0.137 e. The van der Waals surface area contributed by atoms with Crippen LogP contribution in [0.5, 0.6) is 0 Å². The third-order valence-electron chi connectivity index (χ3n) is 5.11. The first kappa shape index (κ1) is 18.1. The molecule has 0 amide bonds. The van der Waals surface area contributed by atoms with Crippen LogP contribution in [0.4, 0.5) is 21.7 Å². The standard InChI is InChI=1S/C20H26FN5O/c1-26-8-3-4-14(12-26)20-24-18(22-16-6-2-5-15(21)10-16)11-19(25-20)23-17-7-9-27-13-17/h2,5-6,10-11,14,17H,3-4,7-9,12-13H2,1H3,(H2,22,23,24,25). The molecule has 27 heavy (non-hydrogen) atoms. The summed E-state index contributed by atoms with van der Waals surface area (Å²) in [5, 5.41) is 6.69. The van der Waals surface area contributed by atoms with Gasteiger partial charge in [0.25, 0.3) is 0 Å². The second-order valence-corrected chi connectivity index (χ2v) is 7.44. The molecule has 144 valence electrons. The molecule has 7 heteroatoms. The van der Waals surface area contributed by atoms with Crippen molar-refractivity contribution in [1.82, 2.24) is 14.9 Å². The summed E-state index contributed by atoms with van der Waals surface area (Å²) >= 11 is 0. The Morgan fingerprint density at radius 3 is 2.85 bits per heavy atom. The van der Waals surface area contributed by atoms with Gasteiger partial charge in [-0.05, 0) is 51.1 Å². The molecule has 2 N–H and O–H groups in total. The van der Waals surface area contributed by atoms with Crippen LogP contribution in [0.2, 0.25) is 0 Å². The van der Waals surface area contributed by atoms with Crippen molar-refractivity contribution in [3.8, 4) is 0 Å². The fraction of sp³-hybridized carbons (Fsp3) is 0.500. The summed E-state index contributed by atoms with van der Waals surface area (Å²) in [5.74, 6) is 2.34. The van der Waals surface area contributed by atoms with Gasteiger partial charge in [0.2, 0.25) is 0 Å². The number of nitrogens with zero attached hydrogens (tertiary/aromatic N) is 3. The Hall–Kier alpha value is -2.25. The van der Waals surface area contributed by atoms with E-state index >= 15 is 0 Å². The van der Waals surface area contributed by atoms with Crippen LogP contribution in [0.25, 0.3) is 0 Å². The van der Waals surface area contributed by atoms with Crippen molar-refractivity contribution in [3.05, 3.63) is 42.0 Å². The highest BCUT2D eigenvalue weighted by Gasteiger charge is 2.23. The lowest BCUT2D eigenvalue weighted by Gasteiger charge is -2.29. The van der Waals surface area contributed by atoms with E-state index in [2.05, 4.69) is 22.6 Å². The van der Waals surface area contributed by atoms with Crippen LogP contribution in [-0.4, -0.2) is 54.3 Å². The number of likely N-dealkylation sites (N-methyl/N-ethyl adjacent to an activating group) is 1. The molecule has 2 atom stereocenters. The van der Waals surface area contributed by atoms with Gasteiger partial charge < -0.3 is 20.3 Å². The van der Waals surface area contributed by atoms with Gasteiger partial charge in [-0.1, -0.05) is 6.07 Å². The van der Waals surface area contributed by atoms with E-state index in [9.17, 15) is 4.39 Å². The highest BCUT2D eigenvalue weighted by Crippen LogP contribution is 2.27. The molecule has 2 aliphatic heterocycles. The zero-order valence-corrected chi connectivity index (χ0v) is 15.6. The largest absolute Gasteiger partial charge is 0.379 e. The molecule has 2 fully saturated rings. The number of anilines is 3. The van der Waals surface area contributed by atoms with Crippen molar-refractivity contribution >= 4 is 17.3 Å². The number of ether oxygens (including phenoxy) is 1. The van der Waals surface area contributed by atoms with Crippen LogP contribution in [0.1, 0.15) is 31.0 Å². The fourth-order valence-electron chi connectivity index (χ4n) is 3.74. The maximum atomic E-state index is 13.5. The number of halogens is 1. The lowest BCUT2D eigenvalue weighted by Crippen LogP contribution is -2.32. The molecule has 2 aromatic rings. The Labute approximate surface area is 159 Å². The summed E-state index contributed by atoms with van der Waals surface area (Å²) in [5.41, 5.74) is 0.676. The average Bonchev–Trinajstić information content (AvgIpc) is 3.14. The topological polar surface area (TPSA) is 62.3 Å². The SMILES string of the molecule is CN1CCCC(c2nc(Nc3cccc(F)c3)cc(NC3CCOC3)n2)C1. The van der Waals surface area contributed by atoms with Gasteiger partial charge >= 0.3 is 0 Å². The lowest BCUT2D eigenvalue weighted by atomic mass is 9.97. The fourth-order valence-corrected chi connectivity index (χ4v) is 3.74. The predicted octanol–water partition coefficient (Wildman–Crippen LogP) is 3.37. The number of aromatic nitrogens is 2. The normalized spacial score (nSPS) is 23.3. The van der Waals surface area contributed by atoms with Crippen molar-refractivity contribution in [2.24, 2.45) is 0 Å². The van der Waals surface area contributed by atoms with Crippen molar-refractivity contribution in [3.63, 3.8) is 0 Å². The van der Waals surface area contributed by atoms with Crippen LogP contribution in [0.3, 0.4) is 0 Å². The van der Waals surface area contributed by atoms with E-state index in [1.165, 1.54) is 12.1 Å². The first-order valence-corrected chi connectivity index (χ1v) is 9.60. The van der Waals surface area contributed by atoms with Crippen LogP contribution >= 0.6 is 0 Å². The van der Waals surface area contributed by atoms with E-state index in [4.69, 9.17) is 14.7 Å². The molecular formula is C20H26FN5O. The van der Waals surface area contributed by atoms with Crippen LogP contribution in [0, 0.1) is 5.82 Å². The van der Waals surface area contributed by atoms with Crippen molar-refractivity contribution < 1.29 is 9.13 Å². The maximum Gasteiger partial charge on any atom is 0.137 e. The Morgan fingerprint density at radius 1 is 1.19 bits per heavy atom. The van der Waals surface area contributed by atoms with Gasteiger partial charge in [0, 0.05) is 30.8 Å². The second kappa shape index (κ2) is 8.19. The number of hydrogen-bond donors (Lipinski definition) is 2. The van der Waals surface area contributed by atoms with Crippen LogP contribution < -0.4 is 10.6 Å². The van der Waals surface area contributed by atoms with E-state index in [0.29, 0.717) is 24.0 Å². The number of benzene rings is 1. The molecule has 2 saturated heterocycles.